The Balaban J connectivity index is 1.46. The summed E-state index contributed by atoms with van der Waals surface area (Å²) in [5, 5.41) is 14.2. The molecule has 184 valence electrons. The number of pyridine rings is 1. The molecule has 0 fully saturated rings. The van der Waals surface area contributed by atoms with Crippen molar-refractivity contribution in [2.45, 2.75) is 5.03 Å². The number of para-hydroxylation sites is 1. The fraction of sp³-hybridized carbons (Fsp3) is 0.0312. The van der Waals surface area contributed by atoms with Crippen LogP contribution in [0.2, 0.25) is 5.02 Å². The average Bonchev–Trinajstić information content (AvgIpc) is 2.97. The van der Waals surface area contributed by atoms with Crippen molar-refractivity contribution in [3.63, 3.8) is 0 Å². The van der Waals surface area contributed by atoms with Crippen LogP contribution in [0.15, 0.2) is 120 Å². The SMILES string of the molecule is N#Cc1c(-c2ccccc2Cl)cc(-c2ccccc2)nc1SCC(=O)Nc1ccccc1-c1ccccc1. The van der Waals surface area contributed by atoms with E-state index in [9.17, 15) is 10.1 Å². The summed E-state index contributed by atoms with van der Waals surface area (Å²) in [6.07, 6.45) is 0. The van der Waals surface area contributed by atoms with Gasteiger partial charge in [0.15, 0.2) is 0 Å². The first-order chi connectivity index (χ1) is 18.6. The van der Waals surface area contributed by atoms with Crippen LogP contribution in [0.5, 0.6) is 0 Å². The van der Waals surface area contributed by atoms with E-state index in [1.807, 2.05) is 109 Å². The first-order valence-corrected chi connectivity index (χ1v) is 13.3. The second kappa shape index (κ2) is 11.8. The number of benzene rings is 4. The molecule has 4 aromatic carbocycles. The number of rotatable bonds is 7. The smallest absolute Gasteiger partial charge is 0.234 e. The van der Waals surface area contributed by atoms with Crippen LogP contribution >= 0.6 is 23.4 Å². The Labute approximate surface area is 231 Å². The van der Waals surface area contributed by atoms with Crippen molar-refractivity contribution in [2.24, 2.45) is 0 Å². The number of aromatic nitrogens is 1. The topological polar surface area (TPSA) is 65.8 Å². The van der Waals surface area contributed by atoms with E-state index in [0.29, 0.717) is 26.9 Å². The van der Waals surface area contributed by atoms with Crippen LogP contribution in [-0.2, 0) is 4.79 Å². The number of carbonyl (C=O) groups is 1. The number of halogens is 1. The van der Waals surface area contributed by atoms with Gasteiger partial charge in [-0.05, 0) is 23.8 Å². The van der Waals surface area contributed by atoms with E-state index in [2.05, 4.69) is 11.4 Å². The molecule has 6 heteroatoms. The number of amides is 1. The molecule has 1 aromatic heterocycles. The Bertz CT molecular complexity index is 1630. The number of hydrogen-bond acceptors (Lipinski definition) is 4. The third kappa shape index (κ3) is 5.63. The van der Waals surface area contributed by atoms with Gasteiger partial charge >= 0.3 is 0 Å². The molecule has 1 N–H and O–H groups in total. The maximum Gasteiger partial charge on any atom is 0.234 e. The van der Waals surface area contributed by atoms with Crippen LogP contribution in [0.3, 0.4) is 0 Å². The number of thioether (sulfide) groups is 1. The minimum Gasteiger partial charge on any atom is -0.325 e. The van der Waals surface area contributed by atoms with E-state index in [0.717, 1.165) is 27.9 Å². The number of hydrogen-bond donors (Lipinski definition) is 1. The van der Waals surface area contributed by atoms with E-state index in [-0.39, 0.29) is 11.7 Å². The molecular formula is C32H22ClN3OS. The van der Waals surface area contributed by atoms with Gasteiger partial charge in [-0.3, -0.25) is 4.79 Å². The van der Waals surface area contributed by atoms with Crippen molar-refractivity contribution < 1.29 is 4.79 Å². The summed E-state index contributed by atoms with van der Waals surface area (Å²) in [5.74, 6) is -0.0983. The zero-order valence-electron chi connectivity index (χ0n) is 20.3. The van der Waals surface area contributed by atoms with E-state index in [1.54, 1.807) is 6.07 Å². The minimum absolute atomic E-state index is 0.0883. The molecule has 0 spiro atoms. The van der Waals surface area contributed by atoms with Crippen molar-refractivity contribution in [3.8, 4) is 39.6 Å². The molecule has 5 aromatic rings. The zero-order valence-corrected chi connectivity index (χ0v) is 21.8. The highest BCUT2D eigenvalue weighted by molar-refractivity contribution is 8.00. The molecule has 0 radical (unpaired) electrons. The Hall–Kier alpha value is -4.37. The second-order valence-corrected chi connectivity index (χ2v) is 9.81. The standard InChI is InChI=1S/C32H22ClN3OS/c33-28-17-9-7-16-25(28)26-19-30(23-13-5-2-6-14-23)36-32(27(26)20-34)38-21-31(37)35-29-18-10-8-15-24(29)22-11-3-1-4-12-22/h1-19H,21H2,(H,35,37). The third-order valence-electron chi connectivity index (χ3n) is 5.96. The molecule has 0 aliphatic heterocycles. The lowest BCUT2D eigenvalue weighted by Gasteiger charge is -2.14. The normalized spacial score (nSPS) is 10.5. The van der Waals surface area contributed by atoms with Crippen LogP contribution in [0.4, 0.5) is 5.69 Å². The largest absolute Gasteiger partial charge is 0.325 e. The lowest BCUT2D eigenvalue weighted by atomic mass is 9.99. The van der Waals surface area contributed by atoms with Crippen LogP contribution < -0.4 is 5.32 Å². The first-order valence-electron chi connectivity index (χ1n) is 12.0. The molecule has 0 saturated heterocycles. The van der Waals surface area contributed by atoms with Gasteiger partial charge in [-0.2, -0.15) is 5.26 Å². The van der Waals surface area contributed by atoms with Gasteiger partial charge in [0.25, 0.3) is 0 Å². The van der Waals surface area contributed by atoms with Gasteiger partial charge in [-0.15, -0.1) is 0 Å². The molecule has 5 rings (SSSR count). The summed E-state index contributed by atoms with van der Waals surface area (Å²) < 4.78 is 0. The van der Waals surface area contributed by atoms with E-state index in [1.165, 1.54) is 11.8 Å². The van der Waals surface area contributed by atoms with Crippen molar-refractivity contribution in [1.29, 1.82) is 5.26 Å². The number of nitrogens with zero attached hydrogens (tertiary/aromatic N) is 2. The number of carbonyl (C=O) groups excluding carboxylic acids is 1. The fourth-order valence-corrected chi connectivity index (χ4v) is 5.21. The zero-order chi connectivity index (χ0) is 26.3. The third-order valence-corrected chi connectivity index (χ3v) is 7.26. The molecule has 0 unspecified atom stereocenters. The predicted molar refractivity (Wildman–Crippen MR) is 156 cm³/mol. The maximum atomic E-state index is 13.1. The van der Waals surface area contributed by atoms with Crippen molar-refractivity contribution in [3.05, 3.63) is 126 Å². The molecule has 0 aliphatic carbocycles. The van der Waals surface area contributed by atoms with Gasteiger partial charge in [0.2, 0.25) is 5.91 Å². The van der Waals surface area contributed by atoms with Crippen LogP contribution in [-0.4, -0.2) is 16.6 Å². The molecule has 1 heterocycles. The Kier molecular flexibility index (Phi) is 7.84. The van der Waals surface area contributed by atoms with E-state index >= 15 is 0 Å². The fourth-order valence-electron chi connectivity index (χ4n) is 4.16. The van der Waals surface area contributed by atoms with Crippen molar-refractivity contribution in [1.82, 2.24) is 4.98 Å². The predicted octanol–water partition coefficient (Wildman–Crippen LogP) is 8.34. The number of nitrogens with one attached hydrogen (secondary N) is 1. The molecule has 4 nitrogen and oxygen atoms in total. The quantitative estimate of drug-likeness (QED) is 0.214. The van der Waals surface area contributed by atoms with E-state index in [4.69, 9.17) is 16.6 Å². The van der Waals surface area contributed by atoms with Gasteiger partial charge in [0, 0.05) is 33.0 Å². The maximum absolute atomic E-state index is 13.1. The summed E-state index contributed by atoms with van der Waals surface area (Å²) in [4.78, 5) is 17.9. The number of anilines is 1. The summed E-state index contributed by atoms with van der Waals surface area (Å²) in [6, 6.07) is 39.0. The molecule has 0 atom stereocenters. The van der Waals surface area contributed by atoms with Crippen LogP contribution in [0, 0.1) is 11.3 Å². The van der Waals surface area contributed by atoms with Gasteiger partial charge < -0.3 is 5.32 Å². The van der Waals surface area contributed by atoms with Gasteiger partial charge in [0.1, 0.15) is 11.1 Å². The lowest BCUT2D eigenvalue weighted by molar-refractivity contribution is -0.113. The van der Waals surface area contributed by atoms with Crippen LogP contribution in [0.25, 0.3) is 33.5 Å². The molecule has 0 bridgehead atoms. The lowest BCUT2D eigenvalue weighted by Crippen LogP contribution is -2.15. The first kappa shape index (κ1) is 25.3. The van der Waals surface area contributed by atoms with Crippen molar-refractivity contribution >= 4 is 35.0 Å². The molecule has 38 heavy (non-hydrogen) atoms. The second-order valence-electron chi connectivity index (χ2n) is 8.44. The highest BCUT2D eigenvalue weighted by atomic mass is 35.5. The van der Waals surface area contributed by atoms with Gasteiger partial charge in [-0.25, -0.2) is 4.98 Å². The summed E-state index contributed by atoms with van der Waals surface area (Å²) in [7, 11) is 0. The number of nitriles is 1. The highest BCUT2D eigenvalue weighted by Gasteiger charge is 2.19. The minimum atomic E-state index is -0.187. The summed E-state index contributed by atoms with van der Waals surface area (Å²) >= 11 is 7.76. The summed E-state index contributed by atoms with van der Waals surface area (Å²) in [5.41, 5.74) is 6.12. The average molecular weight is 532 g/mol. The van der Waals surface area contributed by atoms with Gasteiger partial charge in [0.05, 0.1) is 17.0 Å². The van der Waals surface area contributed by atoms with Crippen LogP contribution in [0.1, 0.15) is 5.56 Å². The highest BCUT2D eigenvalue weighted by Crippen LogP contribution is 2.37. The monoisotopic (exact) mass is 531 g/mol. The molecule has 0 saturated carbocycles. The molecular weight excluding hydrogens is 510 g/mol. The Morgan fingerprint density at radius 3 is 2.08 bits per heavy atom. The molecule has 1 amide bonds. The van der Waals surface area contributed by atoms with E-state index < -0.39 is 0 Å². The Morgan fingerprint density at radius 1 is 0.789 bits per heavy atom. The molecule has 0 aliphatic rings. The Morgan fingerprint density at radius 2 is 1.39 bits per heavy atom. The van der Waals surface area contributed by atoms with Crippen molar-refractivity contribution in [2.75, 3.05) is 11.1 Å². The van der Waals surface area contributed by atoms with Gasteiger partial charge in [-0.1, -0.05) is 120 Å². The summed E-state index contributed by atoms with van der Waals surface area (Å²) in [6.45, 7) is 0.